The summed E-state index contributed by atoms with van der Waals surface area (Å²) in [7, 11) is 0. The van der Waals surface area contributed by atoms with Gasteiger partial charge in [-0.25, -0.2) is 0 Å². The van der Waals surface area contributed by atoms with E-state index in [-0.39, 0.29) is 6.04 Å². The highest BCUT2D eigenvalue weighted by molar-refractivity contribution is 5.50. The zero-order chi connectivity index (χ0) is 16.4. The van der Waals surface area contributed by atoms with Crippen LogP contribution in [-0.4, -0.2) is 31.6 Å². The maximum absolute atomic E-state index is 5.95. The number of hydrogen-bond acceptors (Lipinski definition) is 6. The molecule has 6 nitrogen and oxygen atoms in total. The van der Waals surface area contributed by atoms with Crippen molar-refractivity contribution >= 4 is 0 Å². The van der Waals surface area contributed by atoms with Gasteiger partial charge < -0.3 is 4.42 Å². The molecule has 0 saturated carbocycles. The van der Waals surface area contributed by atoms with Crippen molar-refractivity contribution in [2.75, 3.05) is 6.54 Å². The number of rotatable bonds is 4. The predicted octanol–water partition coefficient (Wildman–Crippen LogP) is 3.17. The minimum atomic E-state index is 0.179. The minimum Gasteiger partial charge on any atom is -0.419 e. The molecule has 122 valence electrons. The van der Waals surface area contributed by atoms with Crippen LogP contribution in [0, 0.1) is 6.92 Å². The van der Waals surface area contributed by atoms with Gasteiger partial charge in [-0.1, -0.05) is 0 Å². The van der Waals surface area contributed by atoms with Gasteiger partial charge in [-0.05, 0) is 56.1 Å². The van der Waals surface area contributed by atoms with Crippen molar-refractivity contribution in [1.82, 2.24) is 25.1 Å². The summed E-state index contributed by atoms with van der Waals surface area (Å²) in [5.74, 6) is 1.23. The van der Waals surface area contributed by atoms with Gasteiger partial charge in [0.1, 0.15) is 0 Å². The van der Waals surface area contributed by atoms with E-state index in [4.69, 9.17) is 4.42 Å². The van der Waals surface area contributed by atoms with E-state index in [0.717, 1.165) is 37.2 Å². The van der Waals surface area contributed by atoms with Crippen LogP contribution in [0.2, 0.25) is 0 Å². The van der Waals surface area contributed by atoms with Gasteiger partial charge in [0, 0.05) is 30.8 Å². The van der Waals surface area contributed by atoms with Crippen LogP contribution in [0.3, 0.4) is 0 Å². The summed E-state index contributed by atoms with van der Waals surface area (Å²) in [4.78, 5) is 10.8. The fraction of sp³-hybridized carbons (Fsp3) is 0.333. The summed E-state index contributed by atoms with van der Waals surface area (Å²) < 4.78 is 5.95. The van der Waals surface area contributed by atoms with Gasteiger partial charge in [-0.15, -0.1) is 10.2 Å². The van der Waals surface area contributed by atoms with E-state index < -0.39 is 0 Å². The molecule has 0 aliphatic carbocycles. The maximum atomic E-state index is 5.95. The van der Waals surface area contributed by atoms with E-state index in [1.165, 1.54) is 5.56 Å². The van der Waals surface area contributed by atoms with Gasteiger partial charge in [0.25, 0.3) is 0 Å². The normalized spacial score (nSPS) is 18.1. The number of likely N-dealkylation sites (tertiary alicyclic amines) is 1. The molecular weight excluding hydrogens is 302 g/mol. The van der Waals surface area contributed by atoms with Crippen LogP contribution >= 0.6 is 0 Å². The molecule has 4 heterocycles. The molecule has 0 N–H and O–H groups in total. The van der Waals surface area contributed by atoms with Crippen molar-refractivity contribution < 1.29 is 4.42 Å². The molecule has 3 aromatic heterocycles. The van der Waals surface area contributed by atoms with Crippen LogP contribution in [0.5, 0.6) is 0 Å². The average molecular weight is 321 g/mol. The summed E-state index contributed by atoms with van der Waals surface area (Å²) in [5, 5.41) is 8.50. The Morgan fingerprint density at radius 2 is 2.04 bits per heavy atom. The third kappa shape index (κ3) is 3.05. The maximum Gasteiger partial charge on any atom is 0.249 e. The van der Waals surface area contributed by atoms with E-state index in [2.05, 4.69) is 25.1 Å². The molecule has 1 saturated heterocycles. The van der Waals surface area contributed by atoms with Gasteiger partial charge in [0.05, 0.1) is 11.6 Å². The second-order valence-corrected chi connectivity index (χ2v) is 6.12. The molecule has 0 spiro atoms. The van der Waals surface area contributed by atoms with Crippen LogP contribution in [0.1, 0.15) is 36.0 Å². The van der Waals surface area contributed by atoms with Crippen molar-refractivity contribution in [1.29, 1.82) is 0 Å². The molecule has 1 aliphatic heterocycles. The molecule has 24 heavy (non-hydrogen) atoms. The number of aryl methyl sites for hydroxylation is 1. The van der Waals surface area contributed by atoms with Crippen LogP contribution in [0.4, 0.5) is 0 Å². The number of nitrogens with zero attached hydrogens (tertiary/aromatic N) is 5. The van der Waals surface area contributed by atoms with Crippen molar-refractivity contribution in [3.63, 3.8) is 0 Å². The first-order chi connectivity index (χ1) is 11.8. The number of aromatic nitrogens is 4. The van der Waals surface area contributed by atoms with Gasteiger partial charge in [0.15, 0.2) is 0 Å². The first kappa shape index (κ1) is 15.0. The Bertz CT molecular complexity index is 800. The second kappa shape index (κ2) is 6.49. The smallest absolute Gasteiger partial charge is 0.249 e. The zero-order valence-electron chi connectivity index (χ0n) is 13.6. The highest BCUT2D eigenvalue weighted by atomic mass is 16.4. The van der Waals surface area contributed by atoms with E-state index >= 15 is 0 Å². The minimum absolute atomic E-state index is 0.179. The predicted molar refractivity (Wildman–Crippen MR) is 88.9 cm³/mol. The zero-order valence-corrected chi connectivity index (χ0v) is 13.6. The van der Waals surface area contributed by atoms with Crippen molar-refractivity contribution in [3.05, 3.63) is 60.0 Å². The first-order valence-electron chi connectivity index (χ1n) is 8.19. The lowest BCUT2D eigenvalue weighted by Crippen LogP contribution is -2.23. The van der Waals surface area contributed by atoms with Crippen LogP contribution in [-0.2, 0) is 6.54 Å². The molecule has 1 fully saturated rings. The summed E-state index contributed by atoms with van der Waals surface area (Å²) in [6.45, 7) is 3.87. The summed E-state index contributed by atoms with van der Waals surface area (Å²) >= 11 is 0. The molecule has 1 aliphatic rings. The van der Waals surface area contributed by atoms with E-state index in [1.54, 1.807) is 6.20 Å². The first-order valence-corrected chi connectivity index (χ1v) is 8.19. The molecule has 1 atom stereocenters. The van der Waals surface area contributed by atoms with Crippen molar-refractivity contribution in [3.8, 4) is 11.5 Å². The largest absolute Gasteiger partial charge is 0.419 e. The quantitative estimate of drug-likeness (QED) is 0.735. The highest BCUT2D eigenvalue weighted by Crippen LogP contribution is 2.33. The van der Waals surface area contributed by atoms with Gasteiger partial charge in [0.2, 0.25) is 11.8 Å². The molecule has 4 rings (SSSR count). The topological polar surface area (TPSA) is 67.9 Å². The van der Waals surface area contributed by atoms with Gasteiger partial charge in [-0.3, -0.25) is 14.9 Å². The van der Waals surface area contributed by atoms with E-state index in [9.17, 15) is 0 Å². The molecule has 0 radical (unpaired) electrons. The average Bonchev–Trinajstić information content (AvgIpc) is 3.25. The third-order valence-electron chi connectivity index (χ3n) is 4.38. The molecule has 3 aromatic rings. The van der Waals surface area contributed by atoms with Gasteiger partial charge in [-0.2, -0.15) is 0 Å². The molecule has 0 unspecified atom stereocenters. The van der Waals surface area contributed by atoms with Gasteiger partial charge >= 0.3 is 0 Å². The Labute approximate surface area is 140 Å². The third-order valence-corrected chi connectivity index (χ3v) is 4.38. The lowest BCUT2D eigenvalue weighted by atomic mass is 10.2. The van der Waals surface area contributed by atoms with Crippen molar-refractivity contribution in [2.24, 2.45) is 0 Å². The molecular formula is C18H19N5O. The Balaban J connectivity index is 1.53. The van der Waals surface area contributed by atoms with Crippen molar-refractivity contribution in [2.45, 2.75) is 32.4 Å². The van der Waals surface area contributed by atoms with Crippen LogP contribution in [0.25, 0.3) is 11.5 Å². The molecule has 0 amide bonds. The fourth-order valence-electron chi connectivity index (χ4n) is 3.10. The standard InChI is InChI=1S/C18H19N5O/c1-13-4-5-15(11-20-13)17-21-22-18(24-17)16-3-2-10-23(16)12-14-6-8-19-9-7-14/h4-9,11,16H,2-3,10,12H2,1H3/t16-/m1/s1. The molecule has 0 bridgehead atoms. The lowest BCUT2D eigenvalue weighted by molar-refractivity contribution is 0.215. The second-order valence-electron chi connectivity index (χ2n) is 6.12. The monoisotopic (exact) mass is 321 g/mol. The molecule has 6 heteroatoms. The number of pyridine rings is 2. The SMILES string of the molecule is Cc1ccc(-c2nnc([C@H]3CCCN3Cc3ccncc3)o2)cn1. The lowest BCUT2D eigenvalue weighted by Gasteiger charge is -2.21. The molecule has 0 aromatic carbocycles. The highest BCUT2D eigenvalue weighted by Gasteiger charge is 2.30. The van der Waals surface area contributed by atoms with Crippen LogP contribution in [0.15, 0.2) is 47.3 Å². The Morgan fingerprint density at radius 1 is 1.17 bits per heavy atom. The Hall–Kier alpha value is -2.60. The fourth-order valence-corrected chi connectivity index (χ4v) is 3.10. The van der Waals surface area contributed by atoms with Crippen LogP contribution < -0.4 is 0 Å². The van der Waals surface area contributed by atoms with E-state index in [0.29, 0.717) is 11.8 Å². The summed E-state index contributed by atoms with van der Waals surface area (Å²) in [6, 6.07) is 8.19. The Morgan fingerprint density at radius 3 is 2.83 bits per heavy atom. The number of hydrogen-bond donors (Lipinski definition) is 0. The van der Waals surface area contributed by atoms with E-state index in [1.807, 2.05) is 43.6 Å². The summed E-state index contributed by atoms with van der Waals surface area (Å²) in [6.07, 6.45) is 7.61. The summed E-state index contributed by atoms with van der Waals surface area (Å²) in [5.41, 5.74) is 3.08. The Kier molecular flexibility index (Phi) is 4.04.